The first-order valence-electron chi connectivity index (χ1n) is 12.8. The van der Waals surface area contributed by atoms with Gasteiger partial charge < -0.3 is 5.11 Å². The molecule has 8 atom stereocenters. The maximum absolute atomic E-state index is 12.0. The summed E-state index contributed by atoms with van der Waals surface area (Å²) in [5.74, 6) is 5.13. The molecule has 0 aromatic heterocycles. The SMILES string of the molecule is C=C(O)[C@H](C)CCCC(C)[C@H]1CCC2C3CCC4=CC(=O)CC[C@]4(C)C3CC[C@@]21C. The molecule has 2 nitrogen and oxygen atoms in total. The van der Waals surface area contributed by atoms with Gasteiger partial charge in [0.25, 0.3) is 0 Å². The molecule has 4 rings (SSSR count). The van der Waals surface area contributed by atoms with Crippen LogP contribution >= 0.6 is 0 Å². The lowest BCUT2D eigenvalue weighted by molar-refractivity contribution is -0.117. The third kappa shape index (κ3) is 3.61. The second-order valence-corrected chi connectivity index (χ2v) is 12.0. The van der Waals surface area contributed by atoms with E-state index in [0.717, 1.165) is 48.9 Å². The van der Waals surface area contributed by atoms with Gasteiger partial charge in [-0.25, -0.2) is 0 Å². The number of ketones is 1. The molecule has 0 bridgehead atoms. The second-order valence-electron chi connectivity index (χ2n) is 12.0. The Kier molecular flexibility index (Phi) is 6.01. The summed E-state index contributed by atoms with van der Waals surface area (Å²) in [4.78, 5) is 12.0. The smallest absolute Gasteiger partial charge is 0.155 e. The topological polar surface area (TPSA) is 37.3 Å². The minimum absolute atomic E-state index is 0.229. The van der Waals surface area contributed by atoms with Gasteiger partial charge in [-0.3, -0.25) is 4.79 Å². The highest BCUT2D eigenvalue weighted by Gasteiger charge is 2.59. The van der Waals surface area contributed by atoms with Crippen LogP contribution in [0.5, 0.6) is 0 Å². The fraction of sp³-hybridized carbons (Fsp3) is 0.821. The zero-order valence-electron chi connectivity index (χ0n) is 19.9. The summed E-state index contributed by atoms with van der Waals surface area (Å²) >= 11 is 0. The van der Waals surface area contributed by atoms with Crippen molar-refractivity contribution in [3.63, 3.8) is 0 Å². The minimum atomic E-state index is 0.229. The molecular formula is C28H44O2. The van der Waals surface area contributed by atoms with E-state index < -0.39 is 0 Å². The van der Waals surface area contributed by atoms with Crippen LogP contribution in [0.2, 0.25) is 0 Å². The highest BCUT2D eigenvalue weighted by molar-refractivity contribution is 5.91. The summed E-state index contributed by atoms with van der Waals surface area (Å²) in [6.45, 7) is 13.4. The lowest BCUT2D eigenvalue weighted by Crippen LogP contribution is -2.50. The first kappa shape index (κ1) is 22.2. The highest BCUT2D eigenvalue weighted by atomic mass is 16.3. The van der Waals surface area contributed by atoms with Crippen LogP contribution in [-0.2, 0) is 4.79 Å². The van der Waals surface area contributed by atoms with Gasteiger partial charge in [0.05, 0.1) is 5.76 Å². The van der Waals surface area contributed by atoms with Gasteiger partial charge in [0, 0.05) is 12.3 Å². The summed E-state index contributed by atoms with van der Waals surface area (Å²) in [6, 6.07) is 0. The average molecular weight is 413 g/mol. The number of carbonyl (C=O) groups is 1. The molecule has 0 heterocycles. The van der Waals surface area contributed by atoms with E-state index in [0.29, 0.717) is 22.4 Å². The summed E-state index contributed by atoms with van der Waals surface area (Å²) in [5.41, 5.74) is 2.30. The van der Waals surface area contributed by atoms with Crippen molar-refractivity contribution in [1.29, 1.82) is 0 Å². The number of carbonyl (C=O) groups excluding carboxylic acids is 1. The van der Waals surface area contributed by atoms with Gasteiger partial charge in [0.2, 0.25) is 0 Å². The first-order valence-corrected chi connectivity index (χ1v) is 12.8. The number of aliphatic hydroxyl groups excluding tert-OH is 1. The maximum Gasteiger partial charge on any atom is 0.155 e. The number of rotatable bonds is 6. The molecule has 30 heavy (non-hydrogen) atoms. The predicted octanol–water partition coefficient (Wildman–Crippen LogP) is 7.65. The normalized spacial score (nSPS) is 42.5. The van der Waals surface area contributed by atoms with E-state index in [4.69, 9.17) is 0 Å². The van der Waals surface area contributed by atoms with Gasteiger partial charge in [0.1, 0.15) is 0 Å². The zero-order chi connectivity index (χ0) is 21.7. The summed E-state index contributed by atoms with van der Waals surface area (Å²) in [7, 11) is 0. The van der Waals surface area contributed by atoms with Crippen molar-refractivity contribution in [1.82, 2.24) is 0 Å². The van der Waals surface area contributed by atoms with Crippen LogP contribution in [-0.4, -0.2) is 10.9 Å². The predicted molar refractivity (Wildman–Crippen MR) is 124 cm³/mol. The van der Waals surface area contributed by atoms with Gasteiger partial charge in [-0.15, -0.1) is 0 Å². The van der Waals surface area contributed by atoms with Gasteiger partial charge >= 0.3 is 0 Å². The molecule has 0 aromatic rings. The average Bonchev–Trinajstić information content (AvgIpc) is 3.05. The van der Waals surface area contributed by atoms with Crippen LogP contribution in [0.3, 0.4) is 0 Å². The number of aliphatic hydroxyl groups is 1. The van der Waals surface area contributed by atoms with E-state index in [-0.39, 0.29) is 5.92 Å². The lowest BCUT2D eigenvalue weighted by Gasteiger charge is -2.58. The monoisotopic (exact) mass is 412 g/mol. The molecule has 0 spiro atoms. The van der Waals surface area contributed by atoms with E-state index in [2.05, 4.69) is 34.3 Å². The quantitative estimate of drug-likeness (QED) is 0.455. The fourth-order valence-corrected chi connectivity index (χ4v) is 8.65. The second kappa shape index (κ2) is 8.14. The number of hydrogen-bond donors (Lipinski definition) is 1. The first-order chi connectivity index (χ1) is 14.2. The van der Waals surface area contributed by atoms with Crippen LogP contribution in [0.15, 0.2) is 24.0 Å². The summed E-state index contributed by atoms with van der Waals surface area (Å²) < 4.78 is 0. The molecule has 0 aliphatic heterocycles. The van der Waals surface area contributed by atoms with Crippen LogP contribution in [0.1, 0.15) is 98.3 Å². The molecule has 1 N–H and O–H groups in total. The molecule has 2 heteroatoms. The standard InChI is InChI=1S/C28H44O2/c1-18(20(3)29)7-6-8-19(2)24-11-12-25-23-10-9-21-17-22(30)13-15-27(21,4)26(23)14-16-28(24,25)5/h17-19,23-26,29H,3,6-16H2,1-2,4-5H3/t18-,19?,23?,24-,25?,26?,27+,28-/m1/s1. The molecule has 0 aromatic carbocycles. The van der Waals surface area contributed by atoms with E-state index in [9.17, 15) is 9.90 Å². The Morgan fingerprint density at radius 2 is 1.87 bits per heavy atom. The van der Waals surface area contributed by atoms with Crippen molar-refractivity contribution in [3.8, 4) is 0 Å². The summed E-state index contributed by atoms with van der Waals surface area (Å²) in [5, 5.41) is 9.60. The van der Waals surface area contributed by atoms with Gasteiger partial charge in [-0.1, -0.05) is 52.7 Å². The molecule has 0 radical (unpaired) electrons. The zero-order valence-corrected chi connectivity index (χ0v) is 19.9. The molecule has 4 unspecified atom stereocenters. The van der Waals surface area contributed by atoms with Crippen molar-refractivity contribution in [3.05, 3.63) is 24.0 Å². The van der Waals surface area contributed by atoms with Crippen molar-refractivity contribution < 1.29 is 9.90 Å². The van der Waals surface area contributed by atoms with Gasteiger partial charge in [-0.2, -0.15) is 0 Å². The Morgan fingerprint density at radius 3 is 2.60 bits per heavy atom. The van der Waals surface area contributed by atoms with E-state index in [1.807, 2.05) is 6.08 Å². The molecule has 0 amide bonds. The molecule has 168 valence electrons. The number of fused-ring (bicyclic) bond motifs is 5. The number of hydrogen-bond acceptors (Lipinski definition) is 2. The molecule has 4 aliphatic rings. The van der Waals surface area contributed by atoms with Crippen molar-refractivity contribution in [2.24, 2.45) is 46.3 Å². The largest absolute Gasteiger partial charge is 0.513 e. The lowest BCUT2D eigenvalue weighted by atomic mass is 9.46. The molecular weight excluding hydrogens is 368 g/mol. The van der Waals surface area contributed by atoms with Crippen LogP contribution < -0.4 is 0 Å². The van der Waals surface area contributed by atoms with Crippen LogP contribution in [0.4, 0.5) is 0 Å². The Labute approximate surface area is 184 Å². The van der Waals surface area contributed by atoms with Crippen molar-refractivity contribution in [2.45, 2.75) is 98.3 Å². The Bertz CT molecular complexity index is 720. The Balaban J connectivity index is 1.44. The van der Waals surface area contributed by atoms with Crippen molar-refractivity contribution >= 4 is 5.78 Å². The highest BCUT2D eigenvalue weighted by Crippen LogP contribution is 2.67. The molecule has 4 aliphatic carbocycles. The third-order valence-corrected chi connectivity index (χ3v) is 10.6. The number of allylic oxidation sites excluding steroid dienone is 2. The Morgan fingerprint density at radius 1 is 1.10 bits per heavy atom. The third-order valence-electron chi connectivity index (χ3n) is 10.6. The van der Waals surface area contributed by atoms with Crippen LogP contribution in [0.25, 0.3) is 0 Å². The van der Waals surface area contributed by atoms with E-state index >= 15 is 0 Å². The minimum Gasteiger partial charge on any atom is -0.513 e. The molecule has 0 saturated heterocycles. The van der Waals surface area contributed by atoms with Gasteiger partial charge in [-0.05, 0) is 97.9 Å². The molecule has 3 fully saturated rings. The fourth-order valence-electron chi connectivity index (χ4n) is 8.65. The van der Waals surface area contributed by atoms with E-state index in [1.165, 1.54) is 56.9 Å². The summed E-state index contributed by atoms with van der Waals surface area (Å²) in [6.07, 6.45) is 15.5. The molecule has 3 saturated carbocycles. The van der Waals surface area contributed by atoms with E-state index in [1.54, 1.807) is 0 Å². The van der Waals surface area contributed by atoms with Gasteiger partial charge in [0.15, 0.2) is 5.78 Å². The van der Waals surface area contributed by atoms with Crippen molar-refractivity contribution in [2.75, 3.05) is 0 Å². The Hall–Kier alpha value is -1.05. The van der Waals surface area contributed by atoms with Crippen LogP contribution in [0, 0.1) is 46.3 Å². The maximum atomic E-state index is 12.0.